The van der Waals surface area contributed by atoms with Gasteiger partial charge in [0.2, 0.25) is 0 Å². The lowest BCUT2D eigenvalue weighted by molar-refractivity contribution is 0.0812. The third kappa shape index (κ3) is 5.71. The maximum Gasteiger partial charge on any atom is 0.513 e. The van der Waals surface area contributed by atoms with Crippen molar-refractivity contribution in [1.82, 2.24) is 0 Å². The summed E-state index contributed by atoms with van der Waals surface area (Å²) in [7, 11) is 0. The smallest absolute Gasteiger partial charge is 0.434 e. The van der Waals surface area contributed by atoms with Crippen LogP contribution in [0.5, 0.6) is 5.75 Å². The van der Waals surface area contributed by atoms with Gasteiger partial charge in [0.15, 0.2) is 0 Å². The van der Waals surface area contributed by atoms with Gasteiger partial charge in [0.25, 0.3) is 0 Å². The van der Waals surface area contributed by atoms with Crippen LogP contribution in [-0.2, 0) is 4.74 Å². The lowest BCUT2D eigenvalue weighted by Crippen LogP contribution is -2.16. The molecule has 0 spiro atoms. The van der Waals surface area contributed by atoms with E-state index in [1.54, 1.807) is 12.1 Å². The van der Waals surface area contributed by atoms with Crippen molar-refractivity contribution in [1.29, 1.82) is 0 Å². The number of carbonyl (C=O) groups excluding carboxylic acids is 1. The third-order valence-corrected chi connectivity index (χ3v) is 2.92. The van der Waals surface area contributed by atoms with Crippen LogP contribution in [0.15, 0.2) is 30.3 Å². The summed E-state index contributed by atoms with van der Waals surface area (Å²) in [6.45, 7) is 4.73. The van der Waals surface area contributed by atoms with Crippen LogP contribution in [0.3, 0.4) is 0 Å². The van der Waals surface area contributed by atoms with Gasteiger partial charge in [-0.25, -0.2) is 4.79 Å². The van der Waals surface area contributed by atoms with E-state index in [9.17, 15) is 4.79 Å². The zero-order valence-corrected chi connectivity index (χ0v) is 11.2. The molecule has 0 aliphatic rings. The van der Waals surface area contributed by atoms with Crippen molar-refractivity contribution in [2.45, 2.75) is 39.5 Å². The molecule has 100 valence electrons. The molecule has 0 bridgehead atoms. The second-order valence-electron chi connectivity index (χ2n) is 4.39. The highest BCUT2D eigenvalue weighted by atomic mass is 16.7. The zero-order chi connectivity index (χ0) is 13.2. The summed E-state index contributed by atoms with van der Waals surface area (Å²) >= 11 is 0. The van der Waals surface area contributed by atoms with Crippen molar-refractivity contribution in [2.75, 3.05) is 6.61 Å². The molecule has 0 saturated heterocycles. The van der Waals surface area contributed by atoms with Crippen LogP contribution in [0, 0.1) is 5.92 Å². The van der Waals surface area contributed by atoms with Crippen LogP contribution in [0.1, 0.15) is 39.5 Å². The molecular weight excluding hydrogens is 228 g/mol. The summed E-state index contributed by atoms with van der Waals surface area (Å²) < 4.78 is 10.2. The Morgan fingerprint density at radius 1 is 1.22 bits per heavy atom. The van der Waals surface area contributed by atoms with Gasteiger partial charge < -0.3 is 9.47 Å². The molecule has 0 aromatic heterocycles. The summed E-state index contributed by atoms with van der Waals surface area (Å²) in [6, 6.07) is 8.97. The number of unbranched alkanes of at least 4 members (excludes halogenated alkanes) is 1. The normalized spacial score (nSPS) is 11.9. The molecule has 3 nitrogen and oxygen atoms in total. The van der Waals surface area contributed by atoms with Crippen molar-refractivity contribution < 1.29 is 14.3 Å². The maximum atomic E-state index is 11.5. The molecule has 0 radical (unpaired) electrons. The molecule has 1 unspecified atom stereocenters. The number of ether oxygens (including phenoxy) is 2. The molecule has 0 aliphatic heterocycles. The van der Waals surface area contributed by atoms with Crippen molar-refractivity contribution in [3.05, 3.63) is 30.3 Å². The van der Waals surface area contributed by atoms with Crippen LogP contribution < -0.4 is 4.74 Å². The van der Waals surface area contributed by atoms with Crippen molar-refractivity contribution in [2.24, 2.45) is 5.92 Å². The van der Waals surface area contributed by atoms with Crippen LogP contribution in [0.2, 0.25) is 0 Å². The number of hydrogen-bond acceptors (Lipinski definition) is 3. The van der Waals surface area contributed by atoms with Gasteiger partial charge in [-0.2, -0.15) is 0 Å². The van der Waals surface area contributed by atoms with E-state index in [1.165, 1.54) is 12.8 Å². The van der Waals surface area contributed by atoms with Gasteiger partial charge in [0, 0.05) is 0 Å². The van der Waals surface area contributed by atoms with Crippen molar-refractivity contribution in [3.63, 3.8) is 0 Å². The molecule has 1 aromatic carbocycles. The molecule has 0 N–H and O–H groups in total. The van der Waals surface area contributed by atoms with Gasteiger partial charge in [-0.1, -0.05) is 51.3 Å². The minimum atomic E-state index is -0.615. The Hall–Kier alpha value is -1.51. The van der Waals surface area contributed by atoms with E-state index in [0.29, 0.717) is 18.3 Å². The van der Waals surface area contributed by atoms with Crippen LogP contribution in [0.4, 0.5) is 4.79 Å². The van der Waals surface area contributed by atoms with Crippen molar-refractivity contribution >= 4 is 6.16 Å². The first kappa shape index (κ1) is 14.6. The fourth-order valence-electron chi connectivity index (χ4n) is 1.70. The molecule has 3 heteroatoms. The molecular formula is C15H22O3. The lowest BCUT2D eigenvalue weighted by Gasteiger charge is -2.14. The minimum Gasteiger partial charge on any atom is -0.434 e. The molecule has 0 heterocycles. The van der Waals surface area contributed by atoms with E-state index in [1.807, 2.05) is 18.2 Å². The first-order valence-electron chi connectivity index (χ1n) is 6.65. The SMILES string of the molecule is CCCCC(CC)COC(=O)Oc1ccccc1. The topological polar surface area (TPSA) is 35.5 Å². The van der Waals surface area contributed by atoms with Gasteiger partial charge in [-0.05, 0) is 24.5 Å². The summed E-state index contributed by atoms with van der Waals surface area (Å²) in [6.07, 6.45) is 3.86. The lowest BCUT2D eigenvalue weighted by atomic mass is 10.0. The van der Waals surface area contributed by atoms with Crippen LogP contribution >= 0.6 is 0 Å². The molecule has 18 heavy (non-hydrogen) atoms. The number of carbonyl (C=O) groups is 1. The van der Waals surface area contributed by atoms with Crippen LogP contribution in [0.25, 0.3) is 0 Å². The highest BCUT2D eigenvalue weighted by molar-refractivity contribution is 5.63. The Bertz CT molecular complexity index is 335. The van der Waals surface area contributed by atoms with Gasteiger partial charge >= 0.3 is 6.16 Å². The second kappa shape index (κ2) is 8.56. The molecule has 1 aromatic rings. The summed E-state index contributed by atoms with van der Waals surface area (Å²) in [5, 5.41) is 0. The average molecular weight is 250 g/mol. The van der Waals surface area contributed by atoms with Crippen LogP contribution in [-0.4, -0.2) is 12.8 Å². The molecule has 1 rings (SSSR count). The first-order valence-corrected chi connectivity index (χ1v) is 6.65. The Balaban J connectivity index is 2.27. The molecule has 0 amide bonds. The van der Waals surface area contributed by atoms with Gasteiger partial charge in [-0.3, -0.25) is 0 Å². The fraction of sp³-hybridized carbons (Fsp3) is 0.533. The highest BCUT2D eigenvalue weighted by Gasteiger charge is 2.11. The average Bonchev–Trinajstić information content (AvgIpc) is 2.40. The third-order valence-electron chi connectivity index (χ3n) is 2.92. The van der Waals surface area contributed by atoms with Gasteiger partial charge in [0.05, 0.1) is 6.61 Å². The number of benzene rings is 1. The fourth-order valence-corrected chi connectivity index (χ4v) is 1.70. The van der Waals surface area contributed by atoms with E-state index in [4.69, 9.17) is 9.47 Å². The summed E-state index contributed by atoms with van der Waals surface area (Å²) in [5.74, 6) is 0.956. The number of hydrogen-bond donors (Lipinski definition) is 0. The van der Waals surface area contributed by atoms with E-state index in [-0.39, 0.29) is 0 Å². The highest BCUT2D eigenvalue weighted by Crippen LogP contribution is 2.14. The molecule has 0 saturated carbocycles. The predicted octanol–water partition coefficient (Wildman–Crippen LogP) is 4.42. The van der Waals surface area contributed by atoms with Crippen molar-refractivity contribution in [3.8, 4) is 5.75 Å². The van der Waals surface area contributed by atoms with Gasteiger partial charge in [-0.15, -0.1) is 0 Å². The number of rotatable bonds is 7. The molecule has 0 fully saturated rings. The standard InChI is InChI=1S/C15H22O3/c1-3-5-9-13(4-2)12-17-15(16)18-14-10-7-6-8-11-14/h6-8,10-11,13H,3-5,9,12H2,1-2H3. The Labute approximate surface area is 109 Å². The van der Waals surface area contributed by atoms with E-state index in [0.717, 1.165) is 12.8 Å². The van der Waals surface area contributed by atoms with E-state index < -0.39 is 6.16 Å². The Morgan fingerprint density at radius 2 is 1.94 bits per heavy atom. The first-order chi connectivity index (χ1) is 8.76. The Morgan fingerprint density at radius 3 is 2.56 bits per heavy atom. The number of para-hydroxylation sites is 1. The Kier molecular flexibility index (Phi) is 6.92. The zero-order valence-electron chi connectivity index (χ0n) is 11.2. The maximum absolute atomic E-state index is 11.5. The molecule has 1 atom stereocenters. The van der Waals surface area contributed by atoms with Gasteiger partial charge in [0.1, 0.15) is 5.75 Å². The second-order valence-corrected chi connectivity index (χ2v) is 4.39. The predicted molar refractivity (Wildman–Crippen MR) is 71.7 cm³/mol. The van der Waals surface area contributed by atoms with E-state index >= 15 is 0 Å². The summed E-state index contributed by atoms with van der Waals surface area (Å²) in [5.41, 5.74) is 0. The molecule has 0 aliphatic carbocycles. The monoisotopic (exact) mass is 250 g/mol. The largest absolute Gasteiger partial charge is 0.513 e. The quantitative estimate of drug-likeness (QED) is 0.531. The minimum absolute atomic E-state index is 0.438. The summed E-state index contributed by atoms with van der Waals surface area (Å²) in [4.78, 5) is 11.5. The van der Waals surface area contributed by atoms with E-state index in [2.05, 4.69) is 13.8 Å².